The van der Waals surface area contributed by atoms with Crippen LogP contribution in [0.25, 0.3) is 0 Å². The fraction of sp³-hybridized carbons (Fsp3) is 0.417. The number of carbonyl (C=O) groups is 2. The first-order chi connectivity index (χ1) is 15.6. The molecule has 0 aliphatic carbocycles. The topological polar surface area (TPSA) is 86.8 Å². The average Bonchev–Trinajstić information content (AvgIpc) is 2.78. The van der Waals surface area contributed by atoms with E-state index in [9.17, 15) is 22.4 Å². The van der Waals surface area contributed by atoms with Crippen LogP contribution < -0.4 is 9.62 Å². The summed E-state index contributed by atoms with van der Waals surface area (Å²) < 4.78 is 39.9. The second-order valence-electron chi connectivity index (χ2n) is 7.86. The molecule has 2 amide bonds. The number of benzene rings is 2. The SMILES string of the molecule is CCCCNC(=O)C(C)N(CCc1ccccc1)C(=O)CN(c1ccccc1F)S(C)(=O)=O. The van der Waals surface area contributed by atoms with Crippen LogP contribution in [-0.2, 0) is 26.0 Å². The molecular formula is C24H32FN3O4S. The van der Waals surface area contributed by atoms with E-state index in [1.165, 1.54) is 23.1 Å². The number of anilines is 1. The van der Waals surface area contributed by atoms with E-state index in [0.717, 1.165) is 35.0 Å². The van der Waals surface area contributed by atoms with Gasteiger partial charge in [0.15, 0.2) is 0 Å². The summed E-state index contributed by atoms with van der Waals surface area (Å²) in [6.45, 7) is 3.71. The molecular weight excluding hydrogens is 445 g/mol. The van der Waals surface area contributed by atoms with Crippen LogP contribution in [0.1, 0.15) is 32.3 Å². The molecule has 1 atom stereocenters. The number of nitrogens with zero attached hydrogens (tertiary/aromatic N) is 2. The number of sulfonamides is 1. The fourth-order valence-electron chi connectivity index (χ4n) is 3.35. The molecule has 9 heteroatoms. The second kappa shape index (κ2) is 12.3. The molecule has 0 aromatic heterocycles. The predicted octanol–water partition coefficient (Wildman–Crippen LogP) is 2.97. The highest BCUT2D eigenvalue weighted by Crippen LogP contribution is 2.22. The van der Waals surface area contributed by atoms with Crippen molar-refractivity contribution in [2.45, 2.75) is 39.2 Å². The van der Waals surface area contributed by atoms with Crippen molar-refractivity contribution in [1.82, 2.24) is 10.2 Å². The lowest BCUT2D eigenvalue weighted by molar-refractivity contribution is -0.138. The number of hydrogen-bond acceptors (Lipinski definition) is 4. The van der Waals surface area contributed by atoms with E-state index in [0.29, 0.717) is 13.0 Å². The van der Waals surface area contributed by atoms with Crippen molar-refractivity contribution < 1.29 is 22.4 Å². The zero-order valence-corrected chi connectivity index (χ0v) is 20.1. The quantitative estimate of drug-likeness (QED) is 0.476. The number of nitrogens with one attached hydrogen (secondary N) is 1. The lowest BCUT2D eigenvalue weighted by Crippen LogP contribution is -2.52. The fourth-order valence-corrected chi connectivity index (χ4v) is 4.21. The summed E-state index contributed by atoms with van der Waals surface area (Å²) in [5.74, 6) is -1.66. The van der Waals surface area contributed by atoms with Gasteiger partial charge >= 0.3 is 0 Å². The Bertz CT molecular complexity index is 1030. The van der Waals surface area contributed by atoms with Gasteiger partial charge in [-0.05, 0) is 37.5 Å². The Hall–Kier alpha value is -2.94. The molecule has 0 spiro atoms. The average molecular weight is 478 g/mol. The molecule has 0 aliphatic heterocycles. The van der Waals surface area contributed by atoms with Crippen LogP contribution in [0, 0.1) is 5.82 Å². The lowest BCUT2D eigenvalue weighted by Gasteiger charge is -2.31. The standard InChI is InChI=1S/C24H32FN3O4S/c1-4-5-16-26-24(30)19(2)27(17-15-20-11-7-6-8-12-20)23(29)18-28(33(3,31)32)22-14-10-9-13-21(22)25/h6-14,19H,4-5,15-18H2,1-3H3,(H,26,30). The maximum Gasteiger partial charge on any atom is 0.244 e. The molecule has 2 rings (SSSR count). The van der Waals surface area contributed by atoms with Crippen molar-refractivity contribution in [3.63, 3.8) is 0 Å². The van der Waals surface area contributed by atoms with Crippen molar-refractivity contribution in [3.05, 3.63) is 66.0 Å². The van der Waals surface area contributed by atoms with Crippen LogP contribution in [-0.4, -0.2) is 57.1 Å². The smallest absolute Gasteiger partial charge is 0.244 e. The molecule has 0 saturated heterocycles. The maximum absolute atomic E-state index is 14.4. The molecule has 0 aliphatic rings. The van der Waals surface area contributed by atoms with E-state index >= 15 is 0 Å². The second-order valence-corrected chi connectivity index (χ2v) is 9.77. The van der Waals surface area contributed by atoms with Gasteiger partial charge in [-0.25, -0.2) is 12.8 Å². The van der Waals surface area contributed by atoms with Gasteiger partial charge in [-0.1, -0.05) is 55.8 Å². The minimum atomic E-state index is -3.95. The van der Waals surface area contributed by atoms with Crippen LogP contribution in [0.5, 0.6) is 0 Å². The monoisotopic (exact) mass is 477 g/mol. The normalized spacial score (nSPS) is 12.1. The van der Waals surface area contributed by atoms with E-state index in [1.54, 1.807) is 6.92 Å². The van der Waals surface area contributed by atoms with E-state index in [1.807, 2.05) is 37.3 Å². The molecule has 7 nitrogen and oxygen atoms in total. The first kappa shape index (κ1) is 26.3. The third-order valence-electron chi connectivity index (χ3n) is 5.28. The summed E-state index contributed by atoms with van der Waals surface area (Å²) in [4.78, 5) is 27.3. The number of carbonyl (C=O) groups excluding carboxylic acids is 2. The highest BCUT2D eigenvalue weighted by molar-refractivity contribution is 7.92. The van der Waals surface area contributed by atoms with Crippen molar-refractivity contribution in [1.29, 1.82) is 0 Å². The van der Waals surface area contributed by atoms with Crippen LogP contribution in [0.15, 0.2) is 54.6 Å². The third kappa shape index (κ3) is 7.85. The minimum Gasteiger partial charge on any atom is -0.354 e. The van der Waals surface area contributed by atoms with Crippen molar-refractivity contribution >= 4 is 27.5 Å². The number of halogens is 1. The van der Waals surface area contributed by atoms with E-state index in [4.69, 9.17) is 0 Å². The van der Waals surface area contributed by atoms with Gasteiger partial charge < -0.3 is 10.2 Å². The van der Waals surface area contributed by atoms with E-state index in [-0.39, 0.29) is 18.1 Å². The summed E-state index contributed by atoms with van der Waals surface area (Å²) in [5, 5.41) is 2.82. The summed E-state index contributed by atoms with van der Waals surface area (Å²) >= 11 is 0. The Kier molecular flexibility index (Phi) is 9.84. The Morgan fingerprint density at radius 3 is 2.30 bits per heavy atom. The van der Waals surface area contributed by atoms with E-state index < -0.39 is 34.3 Å². The van der Waals surface area contributed by atoms with Crippen molar-refractivity contribution in [3.8, 4) is 0 Å². The highest BCUT2D eigenvalue weighted by atomic mass is 32.2. The molecule has 0 radical (unpaired) electrons. The van der Waals surface area contributed by atoms with Gasteiger partial charge in [0.2, 0.25) is 21.8 Å². The Morgan fingerprint density at radius 2 is 1.70 bits per heavy atom. The molecule has 0 fully saturated rings. The summed E-state index contributed by atoms with van der Waals surface area (Å²) in [7, 11) is -3.95. The zero-order chi connectivity index (χ0) is 24.4. The largest absolute Gasteiger partial charge is 0.354 e. The van der Waals surface area contributed by atoms with E-state index in [2.05, 4.69) is 5.32 Å². The molecule has 1 N–H and O–H groups in total. The third-order valence-corrected chi connectivity index (χ3v) is 6.41. The first-order valence-electron chi connectivity index (χ1n) is 11.0. The number of rotatable bonds is 12. The van der Waals surface area contributed by atoms with Gasteiger partial charge in [0.1, 0.15) is 18.4 Å². The Labute approximate surface area is 195 Å². The zero-order valence-electron chi connectivity index (χ0n) is 19.3. The molecule has 33 heavy (non-hydrogen) atoms. The van der Waals surface area contributed by atoms with Crippen LogP contribution in [0.3, 0.4) is 0 Å². The van der Waals surface area contributed by atoms with Gasteiger partial charge in [0.05, 0.1) is 11.9 Å². The van der Waals surface area contributed by atoms with Gasteiger partial charge in [-0.15, -0.1) is 0 Å². The lowest BCUT2D eigenvalue weighted by atomic mass is 10.1. The first-order valence-corrected chi connectivity index (χ1v) is 12.8. The van der Waals surface area contributed by atoms with Crippen LogP contribution in [0.4, 0.5) is 10.1 Å². The molecule has 0 saturated carbocycles. The molecule has 1 unspecified atom stereocenters. The summed E-state index contributed by atoms with van der Waals surface area (Å²) in [6, 6.07) is 14.0. The van der Waals surface area contributed by atoms with Crippen LogP contribution in [0.2, 0.25) is 0 Å². The minimum absolute atomic E-state index is 0.208. The summed E-state index contributed by atoms with van der Waals surface area (Å²) in [6.07, 6.45) is 3.13. The molecule has 2 aromatic rings. The molecule has 0 bridgehead atoms. The van der Waals surface area contributed by atoms with Crippen molar-refractivity contribution in [2.75, 3.05) is 30.2 Å². The number of amides is 2. The highest BCUT2D eigenvalue weighted by Gasteiger charge is 2.30. The molecule has 0 heterocycles. The summed E-state index contributed by atoms with van der Waals surface area (Å²) in [5.41, 5.74) is 0.763. The van der Waals surface area contributed by atoms with Gasteiger partial charge in [-0.2, -0.15) is 0 Å². The Balaban J connectivity index is 2.28. The van der Waals surface area contributed by atoms with Crippen LogP contribution >= 0.6 is 0 Å². The van der Waals surface area contributed by atoms with Gasteiger partial charge in [-0.3, -0.25) is 13.9 Å². The number of para-hydroxylation sites is 1. The predicted molar refractivity (Wildman–Crippen MR) is 128 cm³/mol. The number of hydrogen-bond donors (Lipinski definition) is 1. The molecule has 2 aromatic carbocycles. The maximum atomic E-state index is 14.4. The number of unbranched alkanes of at least 4 members (excludes halogenated alkanes) is 1. The molecule has 180 valence electrons. The van der Waals surface area contributed by atoms with Crippen molar-refractivity contribution in [2.24, 2.45) is 0 Å². The van der Waals surface area contributed by atoms with Gasteiger partial charge in [0, 0.05) is 13.1 Å². The Morgan fingerprint density at radius 1 is 1.06 bits per heavy atom. The van der Waals surface area contributed by atoms with Gasteiger partial charge in [0.25, 0.3) is 0 Å².